The normalized spacial score (nSPS) is 17.0. The number of rotatable bonds is 6. The van der Waals surface area contributed by atoms with Crippen LogP contribution < -0.4 is 11.1 Å². The smallest absolute Gasteiger partial charge is 0.0468 e. The van der Waals surface area contributed by atoms with Gasteiger partial charge in [0.25, 0.3) is 0 Å². The van der Waals surface area contributed by atoms with Crippen LogP contribution in [-0.2, 0) is 6.54 Å². The molecular formula is C13H22N2S. The minimum atomic E-state index is 0.938. The van der Waals surface area contributed by atoms with E-state index in [2.05, 4.69) is 10.7 Å². The zero-order valence-electron chi connectivity index (χ0n) is 9.87. The summed E-state index contributed by atoms with van der Waals surface area (Å²) < 4.78 is 0. The van der Waals surface area contributed by atoms with Gasteiger partial charge in [0, 0.05) is 17.1 Å². The van der Waals surface area contributed by atoms with Crippen molar-refractivity contribution in [3.05, 3.63) is 16.3 Å². The molecule has 0 unspecified atom stereocenters. The lowest BCUT2D eigenvalue weighted by atomic mass is 10.0. The molecule has 16 heavy (non-hydrogen) atoms. The average Bonchev–Trinajstić information content (AvgIpc) is 2.90. The van der Waals surface area contributed by atoms with Crippen molar-refractivity contribution in [3.63, 3.8) is 0 Å². The predicted molar refractivity (Wildman–Crippen MR) is 71.6 cm³/mol. The second kappa shape index (κ2) is 6.26. The fourth-order valence-corrected chi connectivity index (χ4v) is 3.28. The van der Waals surface area contributed by atoms with Crippen molar-refractivity contribution >= 4 is 17.0 Å². The molecule has 1 aromatic heterocycles. The third-order valence-corrected chi connectivity index (χ3v) is 4.44. The standard InChI is InChI=1S/C13H22N2S/c14-12-7-9-16-13(12)10-15-8-3-6-11-4-1-2-5-11/h7,9,11,15H,1-6,8,10,14H2. The van der Waals surface area contributed by atoms with Crippen LogP contribution in [0.15, 0.2) is 11.4 Å². The molecular weight excluding hydrogens is 216 g/mol. The van der Waals surface area contributed by atoms with Crippen LogP contribution in [0.25, 0.3) is 0 Å². The van der Waals surface area contributed by atoms with Crippen molar-refractivity contribution in [3.8, 4) is 0 Å². The Balaban J connectivity index is 1.53. The fraction of sp³-hybridized carbons (Fsp3) is 0.692. The molecule has 2 nitrogen and oxygen atoms in total. The summed E-state index contributed by atoms with van der Waals surface area (Å²) in [5, 5.41) is 5.54. The molecule has 0 bridgehead atoms. The Bertz CT molecular complexity index is 303. The first-order valence-corrected chi connectivity index (χ1v) is 7.27. The number of nitrogens with one attached hydrogen (secondary N) is 1. The number of nitrogen functional groups attached to an aromatic ring is 1. The molecule has 0 saturated heterocycles. The zero-order valence-corrected chi connectivity index (χ0v) is 10.7. The molecule has 2 rings (SSSR count). The van der Waals surface area contributed by atoms with E-state index < -0.39 is 0 Å². The highest BCUT2D eigenvalue weighted by molar-refractivity contribution is 7.10. The fourth-order valence-electron chi connectivity index (χ4n) is 2.51. The first-order valence-electron chi connectivity index (χ1n) is 6.39. The molecule has 0 spiro atoms. The van der Waals surface area contributed by atoms with Crippen LogP contribution in [0.3, 0.4) is 0 Å². The first-order chi connectivity index (χ1) is 7.86. The molecule has 3 N–H and O–H groups in total. The van der Waals surface area contributed by atoms with Crippen LogP contribution in [0.1, 0.15) is 43.4 Å². The molecule has 90 valence electrons. The van der Waals surface area contributed by atoms with E-state index in [1.807, 2.05) is 6.07 Å². The van der Waals surface area contributed by atoms with Crippen LogP contribution in [0.2, 0.25) is 0 Å². The predicted octanol–water partition coefficient (Wildman–Crippen LogP) is 3.39. The second-order valence-electron chi connectivity index (χ2n) is 4.77. The number of anilines is 1. The lowest BCUT2D eigenvalue weighted by Gasteiger charge is -2.08. The van der Waals surface area contributed by atoms with Gasteiger partial charge in [-0.25, -0.2) is 0 Å². The van der Waals surface area contributed by atoms with Crippen LogP contribution in [0, 0.1) is 5.92 Å². The van der Waals surface area contributed by atoms with E-state index in [4.69, 9.17) is 5.73 Å². The Hall–Kier alpha value is -0.540. The van der Waals surface area contributed by atoms with Crippen LogP contribution in [-0.4, -0.2) is 6.54 Å². The van der Waals surface area contributed by atoms with Gasteiger partial charge in [-0.3, -0.25) is 0 Å². The Morgan fingerprint density at radius 3 is 2.88 bits per heavy atom. The van der Waals surface area contributed by atoms with Crippen molar-refractivity contribution in [2.75, 3.05) is 12.3 Å². The molecule has 1 aliphatic carbocycles. The minimum Gasteiger partial charge on any atom is -0.398 e. The van der Waals surface area contributed by atoms with Crippen molar-refractivity contribution in [1.82, 2.24) is 5.32 Å². The van der Waals surface area contributed by atoms with Gasteiger partial charge in [0.15, 0.2) is 0 Å². The lowest BCUT2D eigenvalue weighted by molar-refractivity contribution is 0.471. The maximum atomic E-state index is 5.83. The summed E-state index contributed by atoms with van der Waals surface area (Å²) in [7, 11) is 0. The summed E-state index contributed by atoms with van der Waals surface area (Å²) in [5.41, 5.74) is 6.76. The summed E-state index contributed by atoms with van der Waals surface area (Å²) in [5.74, 6) is 1.02. The van der Waals surface area contributed by atoms with Gasteiger partial charge >= 0.3 is 0 Å². The van der Waals surface area contributed by atoms with Crippen molar-refractivity contribution in [2.24, 2.45) is 5.92 Å². The SMILES string of the molecule is Nc1ccsc1CNCCCC1CCCC1. The third kappa shape index (κ3) is 3.49. The molecule has 0 atom stereocenters. The zero-order chi connectivity index (χ0) is 11.2. The van der Waals surface area contributed by atoms with Gasteiger partial charge in [0.1, 0.15) is 0 Å². The Labute approximate surface area is 102 Å². The summed E-state index contributed by atoms with van der Waals surface area (Å²) in [6.07, 6.45) is 8.59. The van der Waals surface area contributed by atoms with Crippen LogP contribution >= 0.6 is 11.3 Å². The number of hydrogen-bond donors (Lipinski definition) is 2. The Morgan fingerprint density at radius 1 is 1.38 bits per heavy atom. The molecule has 1 heterocycles. The number of thiophene rings is 1. The van der Waals surface area contributed by atoms with Crippen molar-refractivity contribution in [1.29, 1.82) is 0 Å². The number of hydrogen-bond acceptors (Lipinski definition) is 3. The van der Waals surface area contributed by atoms with Gasteiger partial charge in [-0.1, -0.05) is 25.7 Å². The van der Waals surface area contributed by atoms with Crippen molar-refractivity contribution in [2.45, 2.75) is 45.1 Å². The molecule has 1 aromatic rings. The Kier molecular flexibility index (Phi) is 4.67. The molecule has 3 heteroatoms. The highest BCUT2D eigenvalue weighted by Gasteiger charge is 2.13. The van der Waals surface area contributed by atoms with E-state index in [0.717, 1.165) is 24.7 Å². The van der Waals surface area contributed by atoms with Gasteiger partial charge in [-0.05, 0) is 36.8 Å². The molecule has 1 saturated carbocycles. The first kappa shape index (κ1) is 11.9. The van der Waals surface area contributed by atoms with Crippen LogP contribution in [0.4, 0.5) is 5.69 Å². The van der Waals surface area contributed by atoms with Crippen molar-refractivity contribution < 1.29 is 0 Å². The lowest BCUT2D eigenvalue weighted by Crippen LogP contribution is -2.15. The molecule has 0 aliphatic heterocycles. The van der Waals surface area contributed by atoms with Crippen LogP contribution in [0.5, 0.6) is 0 Å². The van der Waals surface area contributed by atoms with E-state index >= 15 is 0 Å². The largest absolute Gasteiger partial charge is 0.398 e. The Morgan fingerprint density at radius 2 is 2.19 bits per heavy atom. The topological polar surface area (TPSA) is 38.0 Å². The van der Waals surface area contributed by atoms with E-state index in [0.29, 0.717) is 0 Å². The minimum absolute atomic E-state index is 0.938. The maximum Gasteiger partial charge on any atom is 0.0468 e. The van der Waals surface area contributed by atoms with Gasteiger partial charge < -0.3 is 11.1 Å². The van der Waals surface area contributed by atoms with Gasteiger partial charge in [0.2, 0.25) is 0 Å². The van der Waals surface area contributed by atoms with E-state index in [1.54, 1.807) is 11.3 Å². The highest BCUT2D eigenvalue weighted by atomic mass is 32.1. The van der Waals surface area contributed by atoms with E-state index in [-0.39, 0.29) is 0 Å². The summed E-state index contributed by atoms with van der Waals surface area (Å²) in [4.78, 5) is 1.28. The maximum absolute atomic E-state index is 5.83. The van der Waals surface area contributed by atoms with Gasteiger partial charge in [-0.2, -0.15) is 0 Å². The second-order valence-corrected chi connectivity index (χ2v) is 5.77. The molecule has 1 fully saturated rings. The molecule has 0 radical (unpaired) electrons. The quantitative estimate of drug-likeness (QED) is 0.746. The summed E-state index contributed by atoms with van der Waals surface area (Å²) in [6, 6.07) is 1.99. The monoisotopic (exact) mass is 238 g/mol. The molecule has 0 aromatic carbocycles. The summed E-state index contributed by atoms with van der Waals surface area (Å²) in [6.45, 7) is 2.07. The molecule has 1 aliphatic rings. The summed E-state index contributed by atoms with van der Waals surface area (Å²) >= 11 is 1.75. The van der Waals surface area contributed by atoms with E-state index in [1.165, 1.54) is 43.4 Å². The van der Waals surface area contributed by atoms with E-state index in [9.17, 15) is 0 Å². The average molecular weight is 238 g/mol. The third-order valence-electron chi connectivity index (χ3n) is 3.51. The molecule has 0 amide bonds. The highest BCUT2D eigenvalue weighted by Crippen LogP contribution is 2.28. The van der Waals surface area contributed by atoms with Gasteiger partial charge in [0.05, 0.1) is 0 Å². The van der Waals surface area contributed by atoms with Gasteiger partial charge in [-0.15, -0.1) is 11.3 Å². The number of nitrogens with two attached hydrogens (primary N) is 1.